The summed E-state index contributed by atoms with van der Waals surface area (Å²) >= 11 is 1.38. The molecule has 134 valence electrons. The van der Waals surface area contributed by atoms with Crippen LogP contribution in [0, 0.1) is 11.3 Å². The molecule has 0 aliphatic heterocycles. The number of nitrogens with zero attached hydrogens (tertiary/aromatic N) is 5. The van der Waals surface area contributed by atoms with Crippen LogP contribution in [0.2, 0.25) is 0 Å². The van der Waals surface area contributed by atoms with Gasteiger partial charge in [-0.15, -0.1) is 10.2 Å². The minimum Gasteiger partial charge on any atom is -0.467 e. The zero-order chi connectivity index (χ0) is 18.4. The maximum atomic E-state index is 8.88. The van der Waals surface area contributed by atoms with Gasteiger partial charge in [0.25, 0.3) is 0 Å². The minimum atomic E-state index is 0.331. The summed E-state index contributed by atoms with van der Waals surface area (Å²) in [7, 11) is 0. The Hall–Kier alpha value is -2.72. The van der Waals surface area contributed by atoms with Crippen molar-refractivity contribution in [3.05, 3.63) is 48.4 Å². The molecule has 0 amide bonds. The van der Waals surface area contributed by atoms with E-state index in [9.17, 15) is 0 Å². The molecule has 26 heavy (non-hydrogen) atoms. The fraction of sp³-hybridized carbons (Fsp3) is 0.316. The van der Waals surface area contributed by atoms with Gasteiger partial charge in [-0.2, -0.15) is 5.26 Å². The SMILES string of the molecule is CCN(CC)c1ccc(-c2nnc(SCC#N)n2Cc2ccco2)cc1. The molecular formula is C19H21N5OS. The number of hydrogen-bond donors (Lipinski definition) is 0. The zero-order valence-electron chi connectivity index (χ0n) is 14.9. The first-order valence-corrected chi connectivity index (χ1v) is 9.56. The maximum absolute atomic E-state index is 8.88. The van der Waals surface area contributed by atoms with Gasteiger partial charge >= 0.3 is 0 Å². The van der Waals surface area contributed by atoms with Crippen LogP contribution >= 0.6 is 11.8 Å². The van der Waals surface area contributed by atoms with Crippen LogP contribution in [-0.2, 0) is 6.54 Å². The van der Waals surface area contributed by atoms with E-state index in [2.05, 4.69) is 59.3 Å². The highest BCUT2D eigenvalue weighted by molar-refractivity contribution is 7.99. The van der Waals surface area contributed by atoms with Crippen molar-refractivity contribution < 1.29 is 4.42 Å². The molecular weight excluding hydrogens is 346 g/mol. The van der Waals surface area contributed by atoms with Crippen molar-refractivity contribution in [3.63, 3.8) is 0 Å². The van der Waals surface area contributed by atoms with Crippen LogP contribution < -0.4 is 4.90 Å². The van der Waals surface area contributed by atoms with Crippen molar-refractivity contribution in [1.82, 2.24) is 14.8 Å². The van der Waals surface area contributed by atoms with Gasteiger partial charge in [-0.05, 0) is 50.2 Å². The molecule has 0 radical (unpaired) electrons. The standard InChI is InChI=1S/C19H21N5OS/c1-3-23(4-2)16-9-7-15(8-10-16)18-21-22-19(26-13-11-20)24(18)14-17-6-5-12-25-17/h5-10,12H,3-4,13-14H2,1-2H3. The molecule has 0 fully saturated rings. The lowest BCUT2D eigenvalue weighted by Crippen LogP contribution is -2.21. The Morgan fingerprint density at radius 1 is 1.15 bits per heavy atom. The first kappa shape index (κ1) is 18.1. The van der Waals surface area contributed by atoms with Gasteiger partial charge in [-0.3, -0.25) is 4.57 Å². The highest BCUT2D eigenvalue weighted by atomic mass is 32.2. The first-order chi connectivity index (χ1) is 12.8. The molecule has 3 aromatic rings. The molecule has 0 aliphatic rings. The Bertz CT molecular complexity index is 860. The Morgan fingerprint density at radius 2 is 1.92 bits per heavy atom. The average Bonchev–Trinajstić information content (AvgIpc) is 3.32. The van der Waals surface area contributed by atoms with Gasteiger partial charge in [0.1, 0.15) is 5.76 Å². The number of nitriles is 1. The summed E-state index contributed by atoms with van der Waals surface area (Å²) in [6, 6.07) is 14.3. The summed E-state index contributed by atoms with van der Waals surface area (Å²) in [6.07, 6.45) is 1.65. The van der Waals surface area contributed by atoms with Crippen molar-refractivity contribution in [2.75, 3.05) is 23.7 Å². The van der Waals surface area contributed by atoms with Crippen molar-refractivity contribution in [1.29, 1.82) is 5.26 Å². The van der Waals surface area contributed by atoms with E-state index in [1.165, 1.54) is 17.4 Å². The fourth-order valence-corrected chi connectivity index (χ4v) is 3.42. The third kappa shape index (κ3) is 3.92. The molecule has 1 aromatic carbocycles. The molecule has 3 rings (SSSR count). The second-order valence-corrected chi connectivity index (χ2v) is 6.58. The molecule has 2 heterocycles. The predicted octanol–water partition coefficient (Wildman–Crippen LogP) is 4.05. The summed E-state index contributed by atoms with van der Waals surface area (Å²) in [6.45, 7) is 6.77. The lowest BCUT2D eigenvalue weighted by Gasteiger charge is -2.21. The third-order valence-electron chi connectivity index (χ3n) is 4.13. The van der Waals surface area contributed by atoms with Crippen molar-refractivity contribution in [2.45, 2.75) is 25.5 Å². The van der Waals surface area contributed by atoms with Crippen LogP contribution in [-0.4, -0.2) is 33.6 Å². The van der Waals surface area contributed by atoms with E-state index in [1.807, 2.05) is 16.7 Å². The third-order valence-corrected chi connectivity index (χ3v) is 4.96. The highest BCUT2D eigenvalue weighted by Gasteiger charge is 2.16. The van der Waals surface area contributed by atoms with Gasteiger partial charge in [0, 0.05) is 24.3 Å². The van der Waals surface area contributed by atoms with E-state index in [0.717, 1.165) is 30.2 Å². The van der Waals surface area contributed by atoms with E-state index in [1.54, 1.807) is 6.26 Å². The first-order valence-electron chi connectivity index (χ1n) is 8.57. The molecule has 6 nitrogen and oxygen atoms in total. The van der Waals surface area contributed by atoms with Crippen LogP contribution in [0.1, 0.15) is 19.6 Å². The number of hydrogen-bond acceptors (Lipinski definition) is 6. The van der Waals surface area contributed by atoms with Gasteiger partial charge in [0.2, 0.25) is 0 Å². The van der Waals surface area contributed by atoms with Crippen LogP contribution in [0.5, 0.6) is 0 Å². The normalized spacial score (nSPS) is 10.7. The second kappa shape index (κ2) is 8.59. The molecule has 7 heteroatoms. The highest BCUT2D eigenvalue weighted by Crippen LogP contribution is 2.27. The van der Waals surface area contributed by atoms with E-state index in [-0.39, 0.29) is 0 Å². The van der Waals surface area contributed by atoms with Crippen LogP contribution in [0.15, 0.2) is 52.2 Å². The molecule has 2 aromatic heterocycles. The maximum Gasteiger partial charge on any atom is 0.192 e. The van der Waals surface area contributed by atoms with E-state index in [4.69, 9.17) is 9.68 Å². The molecule has 0 unspecified atom stereocenters. The summed E-state index contributed by atoms with van der Waals surface area (Å²) in [5, 5.41) is 18.2. The smallest absolute Gasteiger partial charge is 0.192 e. The molecule has 0 aliphatic carbocycles. The summed E-state index contributed by atoms with van der Waals surface area (Å²) < 4.78 is 7.47. The summed E-state index contributed by atoms with van der Waals surface area (Å²) in [4.78, 5) is 2.30. The largest absolute Gasteiger partial charge is 0.467 e. The van der Waals surface area contributed by atoms with Crippen molar-refractivity contribution in [3.8, 4) is 17.5 Å². The molecule has 0 atom stereocenters. The van der Waals surface area contributed by atoms with Gasteiger partial charge in [-0.25, -0.2) is 0 Å². The average molecular weight is 367 g/mol. The molecule has 0 N–H and O–H groups in total. The van der Waals surface area contributed by atoms with E-state index in [0.29, 0.717) is 17.5 Å². The van der Waals surface area contributed by atoms with Crippen LogP contribution in [0.3, 0.4) is 0 Å². The molecule has 0 saturated carbocycles. The summed E-state index contributed by atoms with van der Waals surface area (Å²) in [5.74, 6) is 1.93. The number of furan rings is 1. The van der Waals surface area contributed by atoms with Crippen LogP contribution in [0.25, 0.3) is 11.4 Å². The number of thioether (sulfide) groups is 1. The number of rotatable bonds is 8. The van der Waals surface area contributed by atoms with Gasteiger partial charge < -0.3 is 9.32 Å². The van der Waals surface area contributed by atoms with E-state index >= 15 is 0 Å². The molecule has 0 bridgehead atoms. The lowest BCUT2D eigenvalue weighted by molar-refractivity contribution is 0.485. The topological polar surface area (TPSA) is 70.9 Å². The van der Waals surface area contributed by atoms with Gasteiger partial charge in [-0.1, -0.05) is 11.8 Å². The van der Waals surface area contributed by atoms with Crippen molar-refractivity contribution in [2.24, 2.45) is 0 Å². The Labute approximate surface area is 157 Å². The minimum absolute atomic E-state index is 0.331. The lowest BCUT2D eigenvalue weighted by atomic mass is 10.2. The Morgan fingerprint density at radius 3 is 2.54 bits per heavy atom. The molecule has 0 spiro atoms. The fourth-order valence-electron chi connectivity index (χ4n) is 2.82. The van der Waals surface area contributed by atoms with Crippen molar-refractivity contribution >= 4 is 17.4 Å². The van der Waals surface area contributed by atoms with Gasteiger partial charge in [0.15, 0.2) is 11.0 Å². The number of benzene rings is 1. The number of anilines is 1. The monoisotopic (exact) mass is 367 g/mol. The zero-order valence-corrected chi connectivity index (χ0v) is 15.7. The summed E-state index contributed by atoms with van der Waals surface area (Å²) in [5.41, 5.74) is 2.18. The Balaban J connectivity index is 1.93. The van der Waals surface area contributed by atoms with E-state index < -0.39 is 0 Å². The second-order valence-electron chi connectivity index (χ2n) is 5.64. The molecule has 0 saturated heterocycles. The number of aromatic nitrogens is 3. The van der Waals surface area contributed by atoms with Gasteiger partial charge in [0.05, 0.1) is 24.6 Å². The predicted molar refractivity (Wildman–Crippen MR) is 103 cm³/mol. The Kier molecular flexibility index (Phi) is 5.97. The quantitative estimate of drug-likeness (QED) is 0.559. The van der Waals surface area contributed by atoms with Crippen LogP contribution in [0.4, 0.5) is 5.69 Å².